The second-order valence-corrected chi connectivity index (χ2v) is 5.71. The summed E-state index contributed by atoms with van der Waals surface area (Å²) in [5.74, 6) is 1.50. The minimum Gasteiger partial charge on any atom is -0.493 e. The molecule has 2 heterocycles. The van der Waals surface area contributed by atoms with Crippen molar-refractivity contribution in [2.24, 2.45) is 0 Å². The highest BCUT2D eigenvalue weighted by atomic mass is 79.9. The Labute approximate surface area is 133 Å². The third-order valence-corrected chi connectivity index (χ3v) is 4.02. The first kappa shape index (κ1) is 14.0. The summed E-state index contributed by atoms with van der Waals surface area (Å²) in [5.41, 5.74) is 3.51. The van der Waals surface area contributed by atoms with Crippen LogP contribution in [0.4, 0.5) is 0 Å². The predicted molar refractivity (Wildman–Crippen MR) is 88.5 cm³/mol. The molecule has 1 aromatic carbocycles. The first-order valence-corrected chi connectivity index (χ1v) is 7.47. The Kier molecular flexibility index (Phi) is 3.88. The number of ether oxygens (including phenoxy) is 2. The van der Waals surface area contributed by atoms with Crippen LogP contribution < -0.4 is 9.47 Å². The molecule has 0 saturated heterocycles. The predicted octanol–water partition coefficient (Wildman–Crippen LogP) is 4.09. The summed E-state index contributed by atoms with van der Waals surface area (Å²) in [5, 5.41) is 0. The van der Waals surface area contributed by atoms with Gasteiger partial charge in [-0.1, -0.05) is 12.1 Å². The van der Waals surface area contributed by atoms with E-state index < -0.39 is 0 Å². The fourth-order valence-corrected chi connectivity index (χ4v) is 2.83. The Hall–Kier alpha value is -1.94. The van der Waals surface area contributed by atoms with Gasteiger partial charge in [-0.15, -0.1) is 0 Å². The fraction of sp³-hybridized carbons (Fsp3) is 0.176. The molecular weight excluding hydrogens is 330 g/mol. The van der Waals surface area contributed by atoms with Crippen molar-refractivity contribution in [1.29, 1.82) is 0 Å². The van der Waals surface area contributed by atoms with Gasteiger partial charge in [0.25, 0.3) is 0 Å². The lowest BCUT2D eigenvalue weighted by Gasteiger charge is -2.27. The van der Waals surface area contributed by atoms with Gasteiger partial charge in [-0.2, -0.15) is 0 Å². The number of rotatable bonds is 3. The maximum absolute atomic E-state index is 5.38. The molecule has 21 heavy (non-hydrogen) atoms. The van der Waals surface area contributed by atoms with E-state index in [-0.39, 0.29) is 0 Å². The molecule has 1 aromatic rings. The molecule has 2 aliphatic rings. The summed E-state index contributed by atoms with van der Waals surface area (Å²) >= 11 is 3.50. The van der Waals surface area contributed by atoms with Crippen LogP contribution in [0.5, 0.6) is 11.5 Å². The monoisotopic (exact) mass is 345 g/mol. The minimum atomic E-state index is 0.747. The molecule has 4 heteroatoms. The van der Waals surface area contributed by atoms with Crippen LogP contribution >= 0.6 is 15.9 Å². The molecule has 0 radical (unpaired) electrons. The van der Waals surface area contributed by atoms with Crippen molar-refractivity contribution in [3.8, 4) is 11.5 Å². The average Bonchev–Trinajstić information content (AvgIpc) is 2.53. The molecule has 0 aromatic heterocycles. The van der Waals surface area contributed by atoms with E-state index in [9.17, 15) is 0 Å². The van der Waals surface area contributed by atoms with Crippen LogP contribution in [-0.2, 0) is 0 Å². The summed E-state index contributed by atoms with van der Waals surface area (Å²) < 4.78 is 11.7. The van der Waals surface area contributed by atoms with Gasteiger partial charge < -0.3 is 14.4 Å². The molecular formula is C17H16BrNO2. The van der Waals surface area contributed by atoms with Crippen molar-refractivity contribution < 1.29 is 9.47 Å². The second kappa shape index (κ2) is 5.82. The van der Waals surface area contributed by atoms with Gasteiger partial charge in [0.05, 0.1) is 14.2 Å². The Bertz CT molecular complexity index is 686. The molecule has 0 aliphatic carbocycles. The van der Waals surface area contributed by atoms with E-state index in [0.29, 0.717) is 0 Å². The largest absolute Gasteiger partial charge is 0.493 e. The molecule has 2 aliphatic heterocycles. The number of hydrogen-bond acceptors (Lipinski definition) is 3. The molecule has 3 rings (SSSR count). The van der Waals surface area contributed by atoms with E-state index in [2.05, 4.69) is 57.4 Å². The molecule has 0 fully saturated rings. The van der Waals surface area contributed by atoms with Crippen molar-refractivity contribution >= 4 is 21.5 Å². The Morgan fingerprint density at radius 3 is 2.67 bits per heavy atom. The summed E-state index contributed by atoms with van der Waals surface area (Å²) in [6, 6.07) is 6.00. The number of methoxy groups -OCH3 is 2. The summed E-state index contributed by atoms with van der Waals surface area (Å²) in [7, 11) is 3.30. The maximum Gasteiger partial charge on any atom is 0.161 e. The van der Waals surface area contributed by atoms with Gasteiger partial charge in [0, 0.05) is 22.9 Å². The van der Waals surface area contributed by atoms with E-state index in [1.54, 1.807) is 14.2 Å². The molecule has 0 bridgehead atoms. The van der Waals surface area contributed by atoms with Crippen LogP contribution in [0, 0.1) is 0 Å². The summed E-state index contributed by atoms with van der Waals surface area (Å²) in [6.07, 6.45) is 10.6. The van der Waals surface area contributed by atoms with Crippen LogP contribution in [0.15, 0.2) is 58.9 Å². The van der Waals surface area contributed by atoms with Gasteiger partial charge >= 0.3 is 0 Å². The number of allylic oxidation sites excluding steroid dienone is 5. The highest BCUT2D eigenvalue weighted by Crippen LogP contribution is 2.33. The van der Waals surface area contributed by atoms with Gasteiger partial charge in [0.1, 0.15) is 0 Å². The SMILES string of the molecule is COc1ccc(C2=CCN3C=C(Br)C=CC3=C2)cc1OC. The third-order valence-electron chi connectivity index (χ3n) is 3.55. The Morgan fingerprint density at radius 2 is 1.90 bits per heavy atom. The highest BCUT2D eigenvalue weighted by Gasteiger charge is 2.15. The summed E-state index contributed by atoms with van der Waals surface area (Å²) in [4.78, 5) is 2.20. The molecule has 0 unspecified atom stereocenters. The maximum atomic E-state index is 5.38. The smallest absolute Gasteiger partial charge is 0.161 e. The minimum absolute atomic E-state index is 0.747. The number of benzene rings is 1. The normalized spacial score (nSPS) is 16.7. The third kappa shape index (κ3) is 2.76. The standard InChI is InChI=1S/C17H16BrNO2/c1-20-16-6-3-12(10-17(16)21-2)13-7-8-19-11-14(18)4-5-15(19)9-13/h3-7,9-11H,8H2,1-2H3. The van der Waals surface area contributed by atoms with Crippen LogP contribution in [0.25, 0.3) is 5.57 Å². The van der Waals surface area contributed by atoms with Crippen molar-refractivity contribution in [2.45, 2.75) is 0 Å². The molecule has 108 valence electrons. The van der Waals surface area contributed by atoms with Crippen LogP contribution in [0.1, 0.15) is 5.56 Å². The molecule has 3 nitrogen and oxygen atoms in total. The highest BCUT2D eigenvalue weighted by molar-refractivity contribution is 9.11. The second-order valence-electron chi connectivity index (χ2n) is 4.80. The number of nitrogens with zero attached hydrogens (tertiary/aromatic N) is 1. The zero-order valence-electron chi connectivity index (χ0n) is 12.0. The quantitative estimate of drug-likeness (QED) is 0.823. The lowest BCUT2D eigenvalue weighted by atomic mass is 10.00. The zero-order valence-corrected chi connectivity index (χ0v) is 13.6. The lowest BCUT2D eigenvalue weighted by Crippen LogP contribution is -2.20. The van der Waals surface area contributed by atoms with Gasteiger partial charge in [-0.3, -0.25) is 0 Å². The van der Waals surface area contributed by atoms with Crippen LogP contribution in [0.3, 0.4) is 0 Å². The van der Waals surface area contributed by atoms with E-state index in [1.165, 1.54) is 11.3 Å². The van der Waals surface area contributed by atoms with E-state index in [0.717, 1.165) is 28.1 Å². The fourth-order valence-electron chi connectivity index (χ4n) is 2.45. The Morgan fingerprint density at radius 1 is 1.10 bits per heavy atom. The molecule has 0 atom stereocenters. The topological polar surface area (TPSA) is 21.7 Å². The van der Waals surface area contributed by atoms with E-state index in [1.807, 2.05) is 12.1 Å². The summed E-state index contributed by atoms with van der Waals surface area (Å²) in [6.45, 7) is 0.856. The first-order valence-electron chi connectivity index (χ1n) is 6.67. The van der Waals surface area contributed by atoms with Crippen LogP contribution in [-0.4, -0.2) is 25.7 Å². The van der Waals surface area contributed by atoms with Gasteiger partial charge in [-0.25, -0.2) is 0 Å². The van der Waals surface area contributed by atoms with Crippen molar-refractivity contribution in [1.82, 2.24) is 4.90 Å². The van der Waals surface area contributed by atoms with Crippen molar-refractivity contribution in [2.75, 3.05) is 20.8 Å². The van der Waals surface area contributed by atoms with E-state index in [4.69, 9.17) is 9.47 Å². The number of fused-ring (bicyclic) bond motifs is 1. The average molecular weight is 346 g/mol. The van der Waals surface area contributed by atoms with Gasteiger partial charge in [0.2, 0.25) is 0 Å². The zero-order chi connectivity index (χ0) is 14.8. The first-order chi connectivity index (χ1) is 10.2. The van der Waals surface area contributed by atoms with Gasteiger partial charge in [0.15, 0.2) is 11.5 Å². The molecule has 0 saturated carbocycles. The number of hydrogen-bond donors (Lipinski definition) is 0. The van der Waals surface area contributed by atoms with Crippen LogP contribution in [0.2, 0.25) is 0 Å². The van der Waals surface area contributed by atoms with Gasteiger partial charge in [-0.05, 0) is 57.4 Å². The van der Waals surface area contributed by atoms with Crippen molar-refractivity contribution in [3.05, 3.63) is 64.4 Å². The van der Waals surface area contributed by atoms with E-state index >= 15 is 0 Å². The lowest BCUT2D eigenvalue weighted by molar-refractivity contribution is 0.355. The Balaban J connectivity index is 1.93. The number of halogens is 1. The molecule has 0 N–H and O–H groups in total. The molecule has 0 spiro atoms. The van der Waals surface area contributed by atoms with Crippen molar-refractivity contribution in [3.63, 3.8) is 0 Å². The molecule has 0 amide bonds.